The summed E-state index contributed by atoms with van der Waals surface area (Å²) in [5, 5.41) is 11.8. The number of amides is 1. The normalized spacial score (nSPS) is 10.4. The van der Waals surface area contributed by atoms with Crippen LogP contribution in [0, 0.1) is 24.1 Å². The van der Waals surface area contributed by atoms with Crippen LogP contribution in [0.2, 0.25) is 0 Å². The molecule has 0 aliphatic heterocycles. The minimum atomic E-state index is -0.640. The van der Waals surface area contributed by atoms with Crippen LogP contribution in [0.1, 0.15) is 11.1 Å². The molecule has 0 unspecified atom stereocenters. The molecule has 3 aromatic rings. The first-order chi connectivity index (χ1) is 13.4. The van der Waals surface area contributed by atoms with E-state index in [0.717, 1.165) is 20.8 Å². The minimum Gasteiger partial charge on any atom is -0.325 e. The molecule has 0 fully saturated rings. The van der Waals surface area contributed by atoms with Gasteiger partial charge in [-0.15, -0.1) is 0 Å². The third-order valence-electron chi connectivity index (χ3n) is 4.01. The zero-order valence-corrected chi connectivity index (χ0v) is 16.3. The van der Waals surface area contributed by atoms with Crippen molar-refractivity contribution in [3.05, 3.63) is 80.4 Å². The van der Waals surface area contributed by atoms with Gasteiger partial charge < -0.3 is 5.32 Å². The van der Waals surface area contributed by atoms with Crippen molar-refractivity contribution >= 4 is 27.5 Å². The van der Waals surface area contributed by atoms with Crippen LogP contribution in [0.3, 0.4) is 0 Å². The summed E-state index contributed by atoms with van der Waals surface area (Å²) < 4.78 is 15.2. The molecule has 28 heavy (non-hydrogen) atoms. The molecule has 1 aromatic heterocycles. The lowest BCUT2D eigenvalue weighted by molar-refractivity contribution is -0.116. The average molecular weight is 441 g/mol. The van der Waals surface area contributed by atoms with Crippen LogP contribution in [-0.2, 0) is 11.3 Å². The number of halogens is 2. The highest BCUT2D eigenvalue weighted by atomic mass is 79.9. The van der Waals surface area contributed by atoms with E-state index in [1.54, 1.807) is 24.3 Å². The zero-order valence-electron chi connectivity index (χ0n) is 14.7. The SMILES string of the molecule is Cc1cc(NC(=O)Cn2c(-c3ccc(F)cc3)ncc(C#N)c2=O)ccc1Br. The average Bonchev–Trinajstić information content (AvgIpc) is 2.67. The second-order valence-electron chi connectivity index (χ2n) is 6.02. The summed E-state index contributed by atoms with van der Waals surface area (Å²) in [7, 11) is 0. The number of nitrogens with zero attached hydrogens (tertiary/aromatic N) is 3. The predicted molar refractivity (Wildman–Crippen MR) is 106 cm³/mol. The van der Waals surface area contributed by atoms with Crippen molar-refractivity contribution in [2.75, 3.05) is 5.32 Å². The van der Waals surface area contributed by atoms with Gasteiger partial charge in [0.2, 0.25) is 5.91 Å². The summed E-state index contributed by atoms with van der Waals surface area (Å²) in [6.07, 6.45) is 1.15. The quantitative estimate of drug-likeness (QED) is 0.670. The van der Waals surface area contributed by atoms with Gasteiger partial charge in [-0.05, 0) is 55.0 Å². The van der Waals surface area contributed by atoms with Crippen molar-refractivity contribution in [3.63, 3.8) is 0 Å². The molecule has 3 rings (SSSR count). The molecule has 0 atom stereocenters. The van der Waals surface area contributed by atoms with Crippen molar-refractivity contribution in [2.45, 2.75) is 13.5 Å². The molecule has 1 amide bonds. The Bertz CT molecular complexity index is 1150. The van der Waals surface area contributed by atoms with Crippen molar-refractivity contribution < 1.29 is 9.18 Å². The Morgan fingerprint density at radius 3 is 2.64 bits per heavy atom. The van der Waals surface area contributed by atoms with Crippen LogP contribution >= 0.6 is 15.9 Å². The summed E-state index contributed by atoms with van der Waals surface area (Å²) in [6, 6.07) is 12.5. The molecule has 6 nitrogen and oxygen atoms in total. The molecule has 0 saturated heterocycles. The number of carbonyl (C=O) groups is 1. The highest BCUT2D eigenvalue weighted by Crippen LogP contribution is 2.20. The Morgan fingerprint density at radius 2 is 2.00 bits per heavy atom. The number of benzene rings is 2. The van der Waals surface area contributed by atoms with Crippen LogP contribution in [0.25, 0.3) is 11.4 Å². The number of rotatable bonds is 4. The van der Waals surface area contributed by atoms with E-state index in [-0.39, 0.29) is 17.9 Å². The molecular formula is C20H14BrFN4O2. The van der Waals surface area contributed by atoms with E-state index < -0.39 is 17.3 Å². The molecular weight excluding hydrogens is 427 g/mol. The monoisotopic (exact) mass is 440 g/mol. The minimum absolute atomic E-state index is 0.172. The lowest BCUT2D eigenvalue weighted by Gasteiger charge is -2.13. The maximum atomic E-state index is 13.2. The number of nitrogens with one attached hydrogen (secondary N) is 1. The number of anilines is 1. The molecule has 1 N–H and O–H groups in total. The van der Waals surface area contributed by atoms with Crippen LogP contribution in [0.5, 0.6) is 0 Å². The molecule has 1 heterocycles. The van der Waals surface area contributed by atoms with Gasteiger partial charge in [0.15, 0.2) is 0 Å². The Balaban J connectivity index is 1.96. The van der Waals surface area contributed by atoms with Crippen LogP contribution in [0.4, 0.5) is 10.1 Å². The zero-order chi connectivity index (χ0) is 20.3. The first kappa shape index (κ1) is 19.5. The number of aromatic nitrogens is 2. The Hall–Kier alpha value is -3.31. The van der Waals surface area contributed by atoms with Gasteiger partial charge in [-0.3, -0.25) is 14.2 Å². The Kier molecular flexibility index (Phi) is 5.66. The Labute approximate surface area is 168 Å². The summed E-state index contributed by atoms with van der Waals surface area (Å²) in [6.45, 7) is 1.54. The first-order valence-electron chi connectivity index (χ1n) is 8.21. The molecule has 0 aliphatic carbocycles. The van der Waals surface area contributed by atoms with Gasteiger partial charge in [0.1, 0.15) is 29.8 Å². The molecule has 140 valence electrons. The molecule has 0 bridgehead atoms. The molecule has 0 saturated carbocycles. The third kappa shape index (κ3) is 4.15. The van der Waals surface area contributed by atoms with E-state index in [9.17, 15) is 14.0 Å². The third-order valence-corrected chi connectivity index (χ3v) is 4.90. The van der Waals surface area contributed by atoms with E-state index in [4.69, 9.17) is 5.26 Å². The largest absolute Gasteiger partial charge is 0.325 e. The van der Waals surface area contributed by atoms with Gasteiger partial charge in [-0.1, -0.05) is 15.9 Å². The van der Waals surface area contributed by atoms with Crippen LogP contribution < -0.4 is 10.9 Å². The van der Waals surface area contributed by atoms with Crippen molar-refractivity contribution in [3.8, 4) is 17.5 Å². The van der Waals surface area contributed by atoms with Gasteiger partial charge in [-0.25, -0.2) is 9.37 Å². The van der Waals surface area contributed by atoms with Crippen molar-refractivity contribution in [1.82, 2.24) is 9.55 Å². The first-order valence-corrected chi connectivity index (χ1v) is 9.00. The second kappa shape index (κ2) is 8.15. The molecule has 0 aliphatic rings. The number of hydrogen-bond donors (Lipinski definition) is 1. The van der Waals surface area contributed by atoms with Gasteiger partial charge in [0.25, 0.3) is 5.56 Å². The maximum Gasteiger partial charge on any atom is 0.272 e. The van der Waals surface area contributed by atoms with E-state index in [0.29, 0.717) is 11.3 Å². The lowest BCUT2D eigenvalue weighted by atomic mass is 10.2. The maximum absolute atomic E-state index is 13.2. The molecule has 0 radical (unpaired) electrons. The predicted octanol–water partition coefficient (Wildman–Crippen LogP) is 3.63. The van der Waals surface area contributed by atoms with Gasteiger partial charge in [0, 0.05) is 15.7 Å². The summed E-state index contributed by atoms with van der Waals surface area (Å²) in [4.78, 5) is 29.2. The standard InChI is InChI=1S/C20H14BrFN4O2/c1-12-8-16(6-7-17(12)21)25-18(27)11-26-19(13-2-4-15(22)5-3-13)24-10-14(9-23)20(26)28/h2-8,10H,11H2,1H3,(H,25,27). The topological polar surface area (TPSA) is 87.8 Å². The fourth-order valence-electron chi connectivity index (χ4n) is 2.61. The number of aryl methyl sites for hydroxylation is 1. The Morgan fingerprint density at radius 1 is 1.29 bits per heavy atom. The second-order valence-corrected chi connectivity index (χ2v) is 6.87. The highest BCUT2D eigenvalue weighted by molar-refractivity contribution is 9.10. The van der Waals surface area contributed by atoms with Crippen molar-refractivity contribution in [1.29, 1.82) is 5.26 Å². The number of hydrogen-bond acceptors (Lipinski definition) is 4. The lowest BCUT2D eigenvalue weighted by Crippen LogP contribution is -2.31. The number of carbonyl (C=O) groups excluding carboxylic acids is 1. The fourth-order valence-corrected chi connectivity index (χ4v) is 2.86. The summed E-state index contributed by atoms with van der Waals surface area (Å²) in [5.74, 6) is -0.718. The van der Waals surface area contributed by atoms with E-state index in [1.807, 2.05) is 6.92 Å². The van der Waals surface area contributed by atoms with Gasteiger partial charge >= 0.3 is 0 Å². The summed E-state index contributed by atoms with van der Waals surface area (Å²) in [5.41, 5.74) is 1.15. The van der Waals surface area contributed by atoms with Crippen molar-refractivity contribution in [2.24, 2.45) is 0 Å². The smallest absolute Gasteiger partial charge is 0.272 e. The molecule has 2 aromatic carbocycles. The van der Waals surface area contributed by atoms with Gasteiger partial charge in [-0.2, -0.15) is 5.26 Å². The van der Waals surface area contributed by atoms with Gasteiger partial charge in [0.05, 0.1) is 6.20 Å². The van der Waals surface area contributed by atoms with E-state index in [2.05, 4.69) is 26.2 Å². The summed E-state index contributed by atoms with van der Waals surface area (Å²) >= 11 is 3.39. The van der Waals surface area contributed by atoms with Crippen LogP contribution in [0.15, 0.2) is 57.9 Å². The van der Waals surface area contributed by atoms with Crippen LogP contribution in [-0.4, -0.2) is 15.5 Å². The molecule has 0 spiro atoms. The van der Waals surface area contributed by atoms with E-state index >= 15 is 0 Å². The fraction of sp³-hybridized carbons (Fsp3) is 0.100. The molecule has 8 heteroatoms. The van der Waals surface area contributed by atoms with E-state index in [1.165, 1.54) is 24.3 Å². The number of nitriles is 1. The highest BCUT2D eigenvalue weighted by Gasteiger charge is 2.15.